The van der Waals surface area contributed by atoms with Crippen LogP contribution in [-0.4, -0.2) is 51.8 Å². The number of rotatable bonds is 6. The Kier molecular flexibility index (Phi) is 5.73. The van der Waals surface area contributed by atoms with E-state index in [1.807, 2.05) is 7.05 Å². The molecule has 1 unspecified atom stereocenters. The van der Waals surface area contributed by atoms with Crippen LogP contribution in [0.2, 0.25) is 0 Å². The summed E-state index contributed by atoms with van der Waals surface area (Å²) in [7, 11) is 4.27. The van der Waals surface area contributed by atoms with Crippen molar-refractivity contribution in [3.63, 3.8) is 0 Å². The SMILES string of the molecule is CNCC1(CN(C)CC(C)C)CCCOC1. The van der Waals surface area contributed by atoms with Gasteiger partial charge in [0.05, 0.1) is 6.61 Å². The molecule has 1 rings (SSSR count). The quantitative estimate of drug-likeness (QED) is 0.747. The molecule has 1 aliphatic heterocycles. The molecule has 0 radical (unpaired) electrons. The monoisotopic (exact) mass is 228 g/mol. The maximum atomic E-state index is 5.68. The number of hydrogen-bond donors (Lipinski definition) is 1. The molecular weight excluding hydrogens is 200 g/mol. The first-order valence-corrected chi connectivity index (χ1v) is 6.49. The molecule has 3 nitrogen and oxygen atoms in total. The lowest BCUT2D eigenvalue weighted by atomic mass is 9.81. The van der Waals surface area contributed by atoms with Gasteiger partial charge in [0, 0.05) is 31.7 Å². The third-order valence-electron chi connectivity index (χ3n) is 3.24. The fourth-order valence-corrected chi connectivity index (χ4v) is 2.87. The van der Waals surface area contributed by atoms with Gasteiger partial charge in [0.1, 0.15) is 0 Å². The smallest absolute Gasteiger partial charge is 0.0546 e. The van der Waals surface area contributed by atoms with E-state index in [1.165, 1.54) is 19.4 Å². The minimum absolute atomic E-state index is 0.330. The first kappa shape index (κ1) is 13.9. The Bertz CT molecular complexity index is 183. The van der Waals surface area contributed by atoms with Crippen molar-refractivity contribution >= 4 is 0 Å². The van der Waals surface area contributed by atoms with Gasteiger partial charge >= 0.3 is 0 Å². The highest BCUT2D eigenvalue weighted by atomic mass is 16.5. The number of ether oxygens (including phenoxy) is 1. The molecule has 1 heterocycles. The van der Waals surface area contributed by atoms with Crippen molar-refractivity contribution in [3.8, 4) is 0 Å². The van der Waals surface area contributed by atoms with Crippen molar-refractivity contribution < 1.29 is 4.74 Å². The summed E-state index contributed by atoms with van der Waals surface area (Å²) in [6, 6.07) is 0. The predicted molar refractivity (Wildman–Crippen MR) is 68.7 cm³/mol. The molecule has 0 amide bonds. The Labute approximate surface area is 101 Å². The minimum atomic E-state index is 0.330. The molecule has 0 aromatic rings. The molecule has 0 aliphatic carbocycles. The average molecular weight is 228 g/mol. The van der Waals surface area contributed by atoms with Gasteiger partial charge in [0.2, 0.25) is 0 Å². The summed E-state index contributed by atoms with van der Waals surface area (Å²) < 4.78 is 5.68. The molecular formula is C13H28N2O. The molecule has 0 saturated carbocycles. The molecule has 1 fully saturated rings. The maximum Gasteiger partial charge on any atom is 0.0546 e. The Morgan fingerprint density at radius 3 is 2.69 bits per heavy atom. The van der Waals surface area contributed by atoms with E-state index in [4.69, 9.17) is 4.74 Å². The summed E-state index contributed by atoms with van der Waals surface area (Å²) in [6.07, 6.45) is 2.49. The topological polar surface area (TPSA) is 24.5 Å². The zero-order valence-corrected chi connectivity index (χ0v) is 11.4. The van der Waals surface area contributed by atoms with Gasteiger partial charge in [-0.1, -0.05) is 13.8 Å². The van der Waals surface area contributed by atoms with Crippen molar-refractivity contribution in [2.45, 2.75) is 26.7 Å². The molecule has 1 N–H and O–H groups in total. The van der Waals surface area contributed by atoms with E-state index in [0.717, 1.165) is 32.2 Å². The van der Waals surface area contributed by atoms with Crippen molar-refractivity contribution in [3.05, 3.63) is 0 Å². The summed E-state index contributed by atoms with van der Waals surface area (Å²) in [6.45, 7) is 9.79. The Hall–Kier alpha value is -0.120. The molecule has 0 aromatic carbocycles. The van der Waals surface area contributed by atoms with Gasteiger partial charge in [0.25, 0.3) is 0 Å². The predicted octanol–water partition coefficient (Wildman–Crippen LogP) is 1.59. The van der Waals surface area contributed by atoms with Gasteiger partial charge in [-0.2, -0.15) is 0 Å². The van der Waals surface area contributed by atoms with Gasteiger partial charge in [0.15, 0.2) is 0 Å². The summed E-state index contributed by atoms with van der Waals surface area (Å²) in [5, 5.41) is 3.33. The van der Waals surface area contributed by atoms with E-state index < -0.39 is 0 Å². The summed E-state index contributed by atoms with van der Waals surface area (Å²) in [5.41, 5.74) is 0.330. The molecule has 96 valence electrons. The molecule has 0 aromatic heterocycles. The summed E-state index contributed by atoms with van der Waals surface area (Å²) >= 11 is 0. The van der Waals surface area contributed by atoms with E-state index in [-0.39, 0.29) is 0 Å². The highest BCUT2D eigenvalue weighted by Crippen LogP contribution is 2.28. The van der Waals surface area contributed by atoms with Crippen molar-refractivity contribution in [2.75, 3.05) is 46.9 Å². The first-order valence-electron chi connectivity index (χ1n) is 6.49. The number of hydrogen-bond acceptors (Lipinski definition) is 3. The molecule has 0 bridgehead atoms. The molecule has 16 heavy (non-hydrogen) atoms. The lowest BCUT2D eigenvalue weighted by Crippen LogP contribution is -2.48. The van der Waals surface area contributed by atoms with Crippen LogP contribution in [0.4, 0.5) is 0 Å². The van der Waals surface area contributed by atoms with Crippen LogP contribution in [0.25, 0.3) is 0 Å². The fraction of sp³-hybridized carbons (Fsp3) is 1.00. The highest BCUT2D eigenvalue weighted by Gasteiger charge is 2.33. The van der Waals surface area contributed by atoms with Crippen molar-refractivity contribution in [1.82, 2.24) is 10.2 Å². The molecule has 0 spiro atoms. The van der Waals surface area contributed by atoms with Crippen LogP contribution in [0, 0.1) is 11.3 Å². The van der Waals surface area contributed by atoms with Crippen LogP contribution in [0.15, 0.2) is 0 Å². The van der Waals surface area contributed by atoms with Gasteiger partial charge in [-0.25, -0.2) is 0 Å². The molecule has 1 saturated heterocycles. The van der Waals surface area contributed by atoms with Crippen molar-refractivity contribution in [1.29, 1.82) is 0 Å². The van der Waals surface area contributed by atoms with Crippen LogP contribution >= 0.6 is 0 Å². The molecule has 1 atom stereocenters. The van der Waals surface area contributed by atoms with Gasteiger partial charge in [-0.3, -0.25) is 0 Å². The number of nitrogens with zero attached hydrogens (tertiary/aromatic N) is 1. The minimum Gasteiger partial charge on any atom is -0.381 e. The van der Waals surface area contributed by atoms with Crippen LogP contribution < -0.4 is 5.32 Å². The van der Waals surface area contributed by atoms with Gasteiger partial charge in [-0.15, -0.1) is 0 Å². The van der Waals surface area contributed by atoms with E-state index in [9.17, 15) is 0 Å². The van der Waals surface area contributed by atoms with Gasteiger partial charge < -0.3 is 15.0 Å². The summed E-state index contributed by atoms with van der Waals surface area (Å²) in [4.78, 5) is 2.46. The van der Waals surface area contributed by atoms with Crippen LogP contribution in [0.5, 0.6) is 0 Å². The second-order valence-electron chi connectivity index (χ2n) is 5.78. The van der Waals surface area contributed by atoms with E-state index in [0.29, 0.717) is 5.41 Å². The highest BCUT2D eigenvalue weighted by molar-refractivity contribution is 4.86. The van der Waals surface area contributed by atoms with E-state index in [2.05, 4.69) is 31.1 Å². The second kappa shape index (κ2) is 6.58. The average Bonchev–Trinajstić information content (AvgIpc) is 2.17. The lowest BCUT2D eigenvalue weighted by Gasteiger charge is -2.40. The number of nitrogens with one attached hydrogen (secondary N) is 1. The molecule has 1 aliphatic rings. The fourth-order valence-electron chi connectivity index (χ4n) is 2.87. The Morgan fingerprint density at radius 1 is 1.44 bits per heavy atom. The summed E-state index contributed by atoms with van der Waals surface area (Å²) in [5.74, 6) is 0.737. The normalized spacial score (nSPS) is 26.6. The van der Waals surface area contributed by atoms with E-state index in [1.54, 1.807) is 0 Å². The zero-order chi connectivity index (χ0) is 12.0. The Balaban J connectivity index is 2.48. The second-order valence-corrected chi connectivity index (χ2v) is 5.78. The van der Waals surface area contributed by atoms with E-state index >= 15 is 0 Å². The van der Waals surface area contributed by atoms with Crippen LogP contribution in [-0.2, 0) is 4.74 Å². The molecule has 3 heteroatoms. The first-order chi connectivity index (χ1) is 7.58. The van der Waals surface area contributed by atoms with Gasteiger partial charge in [-0.05, 0) is 32.9 Å². The maximum absolute atomic E-state index is 5.68. The van der Waals surface area contributed by atoms with Crippen LogP contribution in [0.1, 0.15) is 26.7 Å². The van der Waals surface area contributed by atoms with Crippen molar-refractivity contribution in [2.24, 2.45) is 11.3 Å². The lowest BCUT2D eigenvalue weighted by molar-refractivity contribution is -0.0229. The third-order valence-corrected chi connectivity index (χ3v) is 3.24. The third kappa shape index (κ3) is 4.40. The Morgan fingerprint density at radius 2 is 2.19 bits per heavy atom. The standard InChI is InChI=1S/C13H28N2O/c1-12(2)8-15(4)10-13(9-14-3)6-5-7-16-11-13/h12,14H,5-11H2,1-4H3. The largest absolute Gasteiger partial charge is 0.381 e. The zero-order valence-electron chi connectivity index (χ0n) is 11.4. The van der Waals surface area contributed by atoms with Crippen LogP contribution in [0.3, 0.4) is 0 Å².